The number of para-hydroxylation sites is 3. The number of hydrogen-bond acceptors (Lipinski definition) is 1. The number of aromatic nitrogens is 1. The summed E-state index contributed by atoms with van der Waals surface area (Å²) >= 11 is 0. The maximum atomic E-state index is 2.49. The van der Waals surface area contributed by atoms with E-state index >= 15 is 0 Å². The van der Waals surface area contributed by atoms with Crippen molar-refractivity contribution in [2.24, 2.45) is 0 Å². The molecule has 1 aromatic heterocycles. The van der Waals surface area contributed by atoms with Crippen molar-refractivity contribution >= 4 is 49.6 Å². The van der Waals surface area contributed by atoms with Crippen molar-refractivity contribution in [1.29, 1.82) is 0 Å². The molecule has 0 N–H and O–H groups in total. The van der Waals surface area contributed by atoms with Crippen molar-refractivity contribution in [1.82, 2.24) is 4.57 Å². The van der Waals surface area contributed by atoms with E-state index in [9.17, 15) is 0 Å². The fourth-order valence-electron chi connectivity index (χ4n) is 10.2. The molecule has 0 saturated carbocycles. The van der Waals surface area contributed by atoms with Crippen LogP contribution in [-0.2, 0) is 18.3 Å². The highest BCUT2D eigenvalue weighted by Gasteiger charge is 2.47. The lowest BCUT2D eigenvalue weighted by atomic mass is 9.75. The Kier molecular flexibility index (Phi) is 7.00. The van der Waals surface area contributed by atoms with Gasteiger partial charge < -0.3 is 9.47 Å². The van der Waals surface area contributed by atoms with E-state index < -0.39 is 0 Å². The van der Waals surface area contributed by atoms with Crippen LogP contribution in [0.3, 0.4) is 0 Å². The number of hydrogen-bond donors (Lipinski definition) is 0. The normalized spacial score (nSPS) is 13.6. The Hall–Kier alpha value is -7.16. The van der Waals surface area contributed by atoms with E-state index in [0.717, 1.165) is 35.6 Å². The summed E-state index contributed by atoms with van der Waals surface area (Å²) in [5.41, 5.74) is 17.8. The van der Waals surface area contributed by atoms with Crippen LogP contribution in [0.4, 0.5) is 17.1 Å². The molecule has 0 radical (unpaired) electrons. The van der Waals surface area contributed by atoms with Crippen LogP contribution >= 0.6 is 0 Å². The molecule has 0 saturated heterocycles. The lowest BCUT2D eigenvalue weighted by Crippen LogP contribution is -2.25. The van der Waals surface area contributed by atoms with Gasteiger partial charge in [-0.15, -0.1) is 0 Å². The maximum absolute atomic E-state index is 2.49. The fourth-order valence-corrected chi connectivity index (χ4v) is 10.2. The highest BCUT2D eigenvalue weighted by Crippen LogP contribution is 2.56. The third-order valence-corrected chi connectivity index (χ3v) is 12.7. The highest BCUT2D eigenvalue weighted by atomic mass is 15.1. The van der Waals surface area contributed by atoms with Gasteiger partial charge in [0.2, 0.25) is 0 Å². The Morgan fingerprint density at radius 3 is 1.89 bits per heavy atom. The Bertz CT molecular complexity index is 3180. The van der Waals surface area contributed by atoms with Crippen LogP contribution in [0.15, 0.2) is 206 Å². The average molecular weight is 727 g/mol. The molecule has 1 spiro atoms. The standard InChI is InChI=1S/C55H38N2/c1-2-18-42(19-3-1)57-53-25-13-10-22-47(53)48-30-28-44(34-54(48)57)56(52-24-12-9-20-45(52)39-27-26-37-14-4-5-15-38(37)32-39)43-29-31-51-49(33-43)46-21-8-11-23-50(46)55(51)35-40-16-6-7-17-41(40)36-55/h1-34H,35-36H2. The predicted octanol–water partition coefficient (Wildman–Crippen LogP) is 14.1. The Morgan fingerprint density at radius 1 is 0.404 bits per heavy atom. The van der Waals surface area contributed by atoms with E-state index in [1.165, 1.54) is 77.1 Å². The smallest absolute Gasteiger partial charge is 0.0561 e. The Labute approximate surface area is 332 Å². The SMILES string of the molecule is c1ccc(-n2c3ccccc3c3ccc(N(c4ccc5c(c4)-c4ccccc4C54Cc5ccccc5C4)c4ccccc4-c4ccc5ccccc5c4)cc32)cc1. The zero-order valence-electron chi connectivity index (χ0n) is 31.4. The maximum Gasteiger partial charge on any atom is 0.0561 e. The minimum absolute atomic E-state index is 0.0580. The molecule has 9 aromatic carbocycles. The molecule has 2 nitrogen and oxygen atoms in total. The quantitative estimate of drug-likeness (QED) is 0.171. The second-order valence-electron chi connectivity index (χ2n) is 15.8. The van der Waals surface area contributed by atoms with E-state index in [2.05, 4.69) is 216 Å². The minimum Gasteiger partial charge on any atom is -0.310 e. The van der Waals surface area contributed by atoms with Gasteiger partial charge in [0.15, 0.2) is 0 Å². The summed E-state index contributed by atoms with van der Waals surface area (Å²) < 4.78 is 2.42. The molecule has 0 amide bonds. The van der Waals surface area contributed by atoms with Crippen LogP contribution in [0, 0.1) is 0 Å². The zero-order chi connectivity index (χ0) is 37.5. The molecule has 0 bridgehead atoms. The van der Waals surface area contributed by atoms with Crippen molar-refractivity contribution in [3.63, 3.8) is 0 Å². The van der Waals surface area contributed by atoms with E-state index in [1.54, 1.807) is 0 Å². The summed E-state index contributed by atoms with van der Waals surface area (Å²) in [5.74, 6) is 0. The van der Waals surface area contributed by atoms with Crippen molar-refractivity contribution in [3.8, 4) is 27.9 Å². The van der Waals surface area contributed by atoms with E-state index in [-0.39, 0.29) is 5.41 Å². The second-order valence-corrected chi connectivity index (χ2v) is 15.8. The Balaban J connectivity index is 1.11. The first-order valence-electron chi connectivity index (χ1n) is 20.0. The molecule has 2 aliphatic carbocycles. The molecule has 57 heavy (non-hydrogen) atoms. The van der Waals surface area contributed by atoms with Gasteiger partial charge in [-0.05, 0) is 117 Å². The van der Waals surface area contributed by atoms with Gasteiger partial charge in [-0.3, -0.25) is 0 Å². The molecule has 2 aliphatic rings. The summed E-state index contributed by atoms with van der Waals surface area (Å²) in [6.07, 6.45) is 2.06. The molecule has 1 heterocycles. The molecule has 0 fully saturated rings. The molecule has 10 aromatic rings. The van der Waals surface area contributed by atoms with E-state index in [0.29, 0.717) is 0 Å². The third kappa shape index (κ3) is 4.84. The van der Waals surface area contributed by atoms with Crippen molar-refractivity contribution in [2.45, 2.75) is 18.3 Å². The molecule has 268 valence electrons. The molecule has 0 atom stereocenters. The summed E-state index contributed by atoms with van der Waals surface area (Å²) in [6.45, 7) is 0. The first-order valence-corrected chi connectivity index (χ1v) is 20.0. The predicted molar refractivity (Wildman–Crippen MR) is 238 cm³/mol. The van der Waals surface area contributed by atoms with Crippen LogP contribution in [0.25, 0.3) is 60.5 Å². The summed E-state index contributed by atoms with van der Waals surface area (Å²) in [4.78, 5) is 2.49. The molecular weight excluding hydrogens is 689 g/mol. The van der Waals surface area contributed by atoms with Crippen molar-refractivity contribution in [2.75, 3.05) is 4.90 Å². The second kappa shape index (κ2) is 12.4. The van der Waals surface area contributed by atoms with Gasteiger partial charge in [0.25, 0.3) is 0 Å². The first kappa shape index (κ1) is 32.1. The fraction of sp³-hybridized carbons (Fsp3) is 0.0545. The molecule has 0 aliphatic heterocycles. The average Bonchev–Trinajstić information content (AvgIpc) is 3.91. The van der Waals surface area contributed by atoms with Gasteiger partial charge in [0.05, 0.1) is 16.7 Å². The summed E-state index contributed by atoms with van der Waals surface area (Å²) in [5, 5.41) is 4.98. The van der Waals surface area contributed by atoms with Crippen molar-refractivity contribution in [3.05, 3.63) is 229 Å². The monoisotopic (exact) mass is 726 g/mol. The lowest BCUT2D eigenvalue weighted by Gasteiger charge is -2.30. The molecule has 2 heteroatoms. The van der Waals surface area contributed by atoms with Gasteiger partial charge in [0, 0.05) is 38.8 Å². The number of fused-ring (bicyclic) bond motifs is 10. The van der Waals surface area contributed by atoms with Crippen LogP contribution in [-0.4, -0.2) is 4.57 Å². The third-order valence-electron chi connectivity index (χ3n) is 12.7. The first-order chi connectivity index (χ1) is 28.2. The van der Waals surface area contributed by atoms with Gasteiger partial charge in [-0.2, -0.15) is 0 Å². The van der Waals surface area contributed by atoms with E-state index in [4.69, 9.17) is 0 Å². The summed E-state index contributed by atoms with van der Waals surface area (Å²) in [6, 6.07) is 76.5. The number of benzene rings is 9. The largest absolute Gasteiger partial charge is 0.310 e. The van der Waals surface area contributed by atoms with Gasteiger partial charge >= 0.3 is 0 Å². The van der Waals surface area contributed by atoms with Crippen LogP contribution in [0.5, 0.6) is 0 Å². The number of rotatable bonds is 5. The number of anilines is 3. The van der Waals surface area contributed by atoms with Gasteiger partial charge in [-0.1, -0.05) is 152 Å². The molecule has 12 rings (SSSR count). The minimum atomic E-state index is -0.0580. The van der Waals surface area contributed by atoms with E-state index in [1.807, 2.05) is 0 Å². The van der Waals surface area contributed by atoms with Gasteiger partial charge in [-0.25, -0.2) is 0 Å². The Morgan fingerprint density at radius 2 is 1.04 bits per heavy atom. The zero-order valence-corrected chi connectivity index (χ0v) is 31.4. The van der Waals surface area contributed by atoms with Crippen LogP contribution in [0.1, 0.15) is 22.3 Å². The van der Waals surface area contributed by atoms with Gasteiger partial charge in [0.1, 0.15) is 0 Å². The van der Waals surface area contributed by atoms with Crippen LogP contribution in [0.2, 0.25) is 0 Å². The topological polar surface area (TPSA) is 8.17 Å². The lowest BCUT2D eigenvalue weighted by molar-refractivity contribution is 0.563. The molecule has 0 unspecified atom stereocenters. The molecular formula is C55H38N2. The summed E-state index contributed by atoms with van der Waals surface area (Å²) in [7, 11) is 0. The number of nitrogens with zero attached hydrogens (tertiary/aromatic N) is 2. The van der Waals surface area contributed by atoms with Crippen LogP contribution < -0.4 is 4.90 Å². The highest BCUT2D eigenvalue weighted by molar-refractivity contribution is 6.10. The van der Waals surface area contributed by atoms with Crippen molar-refractivity contribution < 1.29 is 0 Å².